The van der Waals surface area contributed by atoms with E-state index in [1.165, 1.54) is 0 Å². The van der Waals surface area contributed by atoms with Gasteiger partial charge in [-0.1, -0.05) is 15.9 Å². The van der Waals surface area contributed by atoms with Gasteiger partial charge in [-0.25, -0.2) is 4.79 Å². The summed E-state index contributed by atoms with van der Waals surface area (Å²) in [5.41, 5.74) is 2.77. The molecule has 0 spiro atoms. The quantitative estimate of drug-likeness (QED) is 0.629. The molecule has 1 aromatic rings. The van der Waals surface area contributed by atoms with Crippen molar-refractivity contribution in [2.24, 2.45) is 4.99 Å². The van der Waals surface area contributed by atoms with E-state index in [9.17, 15) is 4.79 Å². The summed E-state index contributed by atoms with van der Waals surface area (Å²) in [6, 6.07) is 2.06. The highest BCUT2D eigenvalue weighted by Crippen LogP contribution is 2.51. The Kier molecular flexibility index (Phi) is 3.60. The number of hydrogen-bond acceptors (Lipinski definition) is 3. The van der Waals surface area contributed by atoms with E-state index in [-0.39, 0.29) is 0 Å². The molecule has 0 saturated heterocycles. The lowest BCUT2D eigenvalue weighted by molar-refractivity contribution is 0.244. The van der Waals surface area contributed by atoms with Crippen molar-refractivity contribution in [3.05, 3.63) is 27.2 Å². The summed E-state index contributed by atoms with van der Waals surface area (Å²) in [4.78, 5) is 14.8. The summed E-state index contributed by atoms with van der Waals surface area (Å²) in [6.45, 7) is 4.03. The van der Waals surface area contributed by atoms with Gasteiger partial charge in [-0.3, -0.25) is 0 Å². The van der Waals surface area contributed by atoms with E-state index >= 15 is 0 Å². The zero-order chi connectivity index (χ0) is 13.3. The minimum Gasteiger partial charge on any atom is -0.496 e. The Bertz CT molecular complexity index is 529. The standard InChI is InChI=1S/C14H16BrNO2/c1-9-7-11(15)10(2)13(18-3)12(9)14(16-8-17)5-4-6-14/h7H,4-6H2,1-3H3. The summed E-state index contributed by atoms with van der Waals surface area (Å²) in [5.74, 6) is 0.834. The van der Waals surface area contributed by atoms with Crippen LogP contribution < -0.4 is 4.74 Å². The number of isocyanates is 1. The number of aryl methyl sites for hydroxylation is 1. The molecule has 2 rings (SSSR count). The molecule has 0 amide bonds. The maximum absolute atomic E-state index is 10.7. The van der Waals surface area contributed by atoms with Crippen LogP contribution in [0.25, 0.3) is 0 Å². The average Bonchev–Trinajstić information content (AvgIpc) is 2.29. The number of nitrogens with zero attached hydrogens (tertiary/aromatic N) is 1. The van der Waals surface area contributed by atoms with Crippen LogP contribution in [0.3, 0.4) is 0 Å². The van der Waals surface area contributed by atoms with E-state index in [0.717, 1.165) is 46.2 Å². The second-order valence-corrected chi connectivity index (χ2v) is 5.65. The van der Waals surface area contributed by atoms with Crippen molar-refractivity contribution in [2.75, 3.05) is 7.11 Å². The lowest BCUT2D eigenvalue weighted by Gasteiger charge is -2.39. The van der Waals surface area contributed by atoms with Crippen LogP contribution in [0.5, 0.6) is 5.75 Å². The predicted molar refractivity (Wildman–Crippen MR) is 73.8 cm³/mol. The lowest BCUT2D eigenvalue weighted by Crippen LogP contribution is -2.33. The molecule has 18 heavy (non-hydrogen) atoms. The summed E-state index contributed by atoms with van der Waals surface area (Å²) < 4.78 is 6.56. The second-order valence-electron chi connectivity index (χ2n) is 4.80. The normalized spacial score (nSPS) is 16.7. The largest absolute Gasteiger partial charge is 0.496 e. The number of aliphatic imine (C=N–C) groups is 1. The first kappa shape index (κ1) is 13.3. The Morgan fingerprint density at radius 3 is 2.56 bits per heavy atom. The van der Waals surface area contributed by atoms with Crippen molar-refractivity contribution in [3.63, 3.8) is 0 Å². The Hall–Kier alpha value is -1.12. The Morgan fingerprint density at radius 2 is 2.11 bits per heavy atom. The molecule has 96 valence electrons. The molecule has 0 unspecified atom stereocenters. The third-order valence-electron chi connectivity index (χ3n) is 3.77. The number of rotatable bonds is 3. The SMILES string of the molecule is COc1c(C)c(Br)cc(C)c1C1(N=C=O)CCC1. The first-order valence-electron chi connectivity index (χ1n) is 5.99. The van der Waals surface area contributed by atoms with Crippen LogP contribution in [0, 0.1) is 13.8 Å². The fraction of sp³-hybridized carbons (Fsp3) is 0.500. The molecule has 1 fully saturated rings. The van der Waals surface area contributed by atoms with Gasteiger partial charge in [0.1, 0.15) is 11.3 Å². The third kappa shape index (κ3) is 1.90. The molecule has 3 nitrogen and oxygen atoms in total. The van der Waals surface area contributed by atoms with Gasteiger partial charge >= 0.3 is 0 Å². The monoisotopic (exact) mass is 309 g/mol. The van der Waals surface area contributed by atoms with Crippen molar-refractivity contribution >= 4 is 22.0 Å². The Labute approximate surface area is 115 Å². The lowest BCUT2D eigenvalue weighted by atomic mass is 9.70. The van der Waals surface area contributed by atoms with E-state index in [1.54, 1.807) is 13.2 Å². The fourth-order valence-corrected chi connectivity index (χ4v) is 3.22. The first-order chi connectivity index (χ1) is 8.55. The minimum atomic E-state index is -0.414. The molecule has 1 aromatic carbocycles. The first-order valence-corrected chi connectivity index (χ1v) is 6.78. The average molecular weight is 310 g/mol. The van der Waals surface area contributed by atoms with Gasteiger partial charge in [0.2, 0.25) is 6.08 Å². The van der Waals surface area contributed by atoms with Gasteiger partial charge in [-0.05, 0) is 44.7 Å². The Balaban J connectivity index is 2.70. The van der Waals surface area contributed by atoms with Gasteiger partial charge in [0.15, 0.2) is 0 Å². The van der Waals surface area contributed by atoms with Crippen LogP contribution >= 0.6 is 15.9 Å². The zero-order valence-corrected chi connectivity index (χ0v) is 12.4. The van der Waals surface area contributed by atoms with Crippen LogP contribution in [0.1, 0.15) is 36.0 Å². The highest BCUT2D eigenvalue weighted by atomic mass is 79.9. The van der Waals surface area contributed by atoms with E-state index < -0.39 is 5.54 Å². The van der Waals surface area contributed by atoms with Gasteiger partial charge in [-0.2, -0.15) is 4.99 Å². The number of hydrogen-bond donors (Lipinski definition) is 0. The van der Waals surface area contributed by atoms with Crippen LogP contribution in [-0.4, -0.2) is 13.2 Å². The van der Waals surface area contributed by atoms with Crippen LogP contribution in [-0.2, 0) is 10.3 Å². The second kappa shape index (κ2) is 4.87. The van der Waals surface area contributed by atoms with Crippen molar-refractivity contribution in [2.45, 2.75) is 38.6 Å². The van der Waals surface area contributed by atoms with Gasteiger partial charge in [0.05, 0.1) is 7.11 Å². The smallest absolute Gasteiger partial charge is 0.235 e. The molecule has 4 heteroatoms. The van der Waals surface area contributed by atoms with Crippen LogP contribution in [0.4, 0.5) is 0 Å². The van der Waals surface area contributed by atoms with E-state index in [1.807, 2.05) is 13.8 Å². The molecule has 1 aliphatic carbocycles. The van der Waals surface area contributed by atoms with Crippen molar-refractivity contribution in [3.8, 4) is 5.75 Å². The molecule has 0 bridgehead atoms. The zero-order valence-electron chi connectivity index (χ0n) is 10.8. The highest BCUT2D eigenvalue weighted by Gasteiger charge is 2.42. The van der Waals surface area contributed by atoms with Crippen molar-refractivity contribution in [1.82, 2.24) is 0 Å². The summed E-state index contributed by atoms with van der Waals surface area (Å²) in [6.07, 6.45) is 4.59. The van der Waals surface area contributed by atoms with Gasteiger partial charge in [0.25, 0.3) is 0 Å². The number of halogens is 1. The van der Waals surface area contributed by atoms with Gasteiger partial charge in [-0.15, -0.1) is 0 Å². The summed E-state index contributed by atoms with van der Waals surface area (Å²) in [7, 11) is 1.66. The molecule has 0 aromatic heterocycles. The molecule has 0 radical (unpaired) electrons. The van der Waals surface area contributed by atoms with Gasteiger partial charge < -0.3 is 4.74 Å². The molecule has 1 aliphatic rings. The highest BCUT2D eigenvalue weighted by molar-refractivity contribution is 9.10. The van der Waals surface area contributed by atoms with Crippen LogP contribution in [0.2, 0.25) is 0 Å². The Morgan fingerprint density at radius 1 is 1.44 bits per heavy atom. The number of carbonyl (C=O) groups excluding carboxylic acids is 1. The molecular formula is C14H16BrNO2. The predicted octanol–water partition coefficient (Wildman–Crippen LogP) is 3.79. The summed E-state index contributed by atoms with van der Waals surface area (Å²) in [5, 5.41) is 0. The fourth-order valence-electron chi connectivity index (χ4n) is 2.70. The van der Waals surface area contributed by atoms with Crippen molar-refractivity contribution < 1.29 is 9.53 Å². The molecule has 0 aliphatic heterocycles. The van der Waals surface area contributed by atoms with E-state index in [0.29, 0.717) is 0 Å². The number of ether oxygens (including phenoxy) is 1. The third-order valence-corrected chi connectivity index (χ3v) is 4.60. The summed E-state index contributed by atoms with van der Waals surface area (Å²) >= 11 is 3.53. The van der Waals surface area contributed by atoms with E-state index in [2.05, 4.69) is 27.0 Å². The van der Waals surface area contributed by atoms with Crippen LogP contribution in [0.15, 0.2) is 15.5 Å². The topological polar surface area (TPSA) is 38.7 Å². The van der Waals surface area contributed by atoms with Gasteiger partial charge in [0, 0.05) is 15.6 Å². The minimum absolute atomic E-state index is 0.414. The van der Waals surface area contributed by atoms with Crippen molar-refractivity contribution in [1.29, 1.82) is 0 Å². The molecule has 0 N–H and O–H groups in total. The van der Waals surface area contributed by atoms with E-state index in [4.69, 9.17) is 4.74 Å². The molecular weight excluding hydrogens is 294 g/mol. The molecule has 0 heterocycles. The molecule has 1 saturated carbocycles. The maximum Gasteiger partial charge on any atom is 0.235 e. The maximum atomic E-state index is 10.7. The number of methoxy groups -OCH3 is 1. The molecule has 0 atom stereocenters. The number of benzene rings is 1.